The Balaban J connectivity index is 1.32. The van der Waals surface area contributed by atoms with Gasteiger partial charge in [0.1, 0.15) is 10.8 Å². The lowest BCUT2D eigenvalue weighted by atomic mass is 10.00. The number of hydrogen-bond donors (Lipinski definition) is 3. The first-order chi connectivity index (χ1) is 21.3. The summed E-state index contributed by atoms with van der Waals surface area (Å²) < 4.78 is 5.50. The van der Waals surface area contributed by atoms with E-state index in [2.05, 4.69) is 15.6 Å². The Labute approximate surface area is 267 Å². The minimum absolute atomic E-state index is 0.0884. The van der Waals surface area contributed by atoms with Gasteiger partial charge >= 0.3 is 0 Å². The fourth-order valence-electron chi connectivity index (χ4n) is 5.49. The van der Waals surface area contributed by atoms with E-state index in [1.165, 1.54) is 7.11 Å². The van der Waals surface area contributed by atoms with E-state index in [9.17, 15) is 14.7 Å². The molecule has 230 valence electrons. The second kappa shape index (κ2) is 14.8. The molecule has 0 radical (unpaired) electrons. The Kier molecular flexibility index (Phi) is 10.7. The second-order valence-corrected chi connectivity index (χ2v) is 12.4. The van der Waals surface area contributed by atoms with Gasteiger partial charge in [-0.2, -0.15) is 0 Å². The van der Waals surface area contributed by atoms with Gasteiger partial charge in [-0.15, -0.1) is 11.3 Å². The van der Waals surface area contributed by atoms with E-state index in [1.54, 1.807) is 29.5 Å². The smallest absolute Gasteiger partial charge is 0.254 e. The standard InChI is InChI=1S/C34H37ClN4O4S/c1-22-21-44-33(37-22)30-12-7-13-39(30)34(42)26-16-25(17-28(18-26)43-2)32(41)38-29(15-23-8-4-3-5-9-23)31(40)20-36-19-24-10-6-11-27(35)14-24/h3-6,8-11,14,16-18,21,29-31,36,40H,7,12-13,15,19-20H2,1-2H3,(H,38,41)/t29-,30?,31+/m0/s1. The largest absolute Gasteiger partial charge is 0.497 e. The Bertz CT molecular complexity index is 1580. The van der Waals surface area contributed by atoms with Gasteiger partial charge in [-0.05, 0) is 67.6 Å². The Hall–Kier alpha value is -3.76. The normalized spacial score (nSPS) is 16.0. The lowest BCUT2D eigenvalue weighted by Gasteiger charge is -2.26. The summed E-state index contributed by atoms with van der Waals surface area (Å²) in [4.78, 5) is 33.9. The third-order valence-electron chi connectivity index (χ3n) is 7.74. The average molecular weight is 633 g/mol. The predicted molar refractivity (Wildman–Crippen MR) is 173 cm³/mol. The van der Waals surface area contributed by atoms with Crippen LogP contribution in [0.15, 0.2) is 78.2 Å². The van der Waals surface area contributed by atoms with E-state index in [0.29, 0.717) is 35.8 Å². The quantitative estimate of drug-likeness (QED) is 0.188. The summed E-state index contributed by atoms with van der Waals surface area (Å²) in [5.74, 6) is -0.161. The molecule has 2 amide bonds. The highest BCUT2D eigenvalue weighted by Gasteiger charge is 2.33. The third kappa shape index (κ3) is 8.04. The number of carbonyl (C=O) groups is 2. The maximum Gasteiger partial charge on any atom is 0.254 e. The number of likely N-dealkylation sites (tertiary alicyclic amines) is 1. The molecule has 3 aromatic carbocycles. The molecule has 1 aliphatic rings. The van der Waals surface area contributed by atoms with Crippen molar-refractivity contribution in [3.8, 4) is 5.75 Å². The average Bonchev–Trinajstić information content (AvgIpc) is 3.69. The molecule has 1 aromatic heterocycles. The summed E-state index contributed by atoms with van der Waals surface area (Å²) in [6.45, 7) is 3.33. The number of thiazole rings is 1. The molecule has 1 fully saturated rings. The molecule has 3 N–H and O–H groups in total. The summed E-state index contributed by atoms with van der Waals surface area (Å²) in [6, 6.07) is 21.4. The number of hydrogen-bond acceptors (Lipinski definition) is 7. The van der Waals surface area contributed by atoms with Gasteiger partial charge < -0.3 is 25.4 Å². The van der Waals surface area contributed by atoms with Crippen molar-refractivity contribution in [1.29, 1.82) is 0 Å². The van der Waals surface area contributed by atoms with Crippen molar-refractivity contribution in [2.75, 3.05) is 20.2 Å². The van der Waals surface area contributed by atoms with Crippen LogP contribution in [0.3, 0.4) is 0 Å². The van der Waals surface area contributed by atoms with Crippen LogP contribution in [0.4, 0.5) is 0 Å². The molecule has 4 aromatic rings. The van der Waals surface area contributed by atoms with Crippen LogP contribution in [0.1, 0.15) is 61.4 Å². The number of aromatic nitrogens is 1. The van der Waals surface area contributed by atoms with E-state index >= 15 is 0 Å². The molecule has 0 aliphatic carbocycles. The molecule has 0 bridgehead atoms. The fourth-order valence-corrected chi connectivity index (χ4v) is 6.64. The van der Waals surface area contributed by atoms with Gasteiger partial charge in [-0.1, -0.05) is 54.1 Å². The van der Waals surface area contributed by atoms with Crippen LogP contribution in [0.5, 0.6) is 5.75 Å². The van der Waals surface area contributed by atoms with Gasteiger partial charge in [0.25, 0.3) is 11.8 Å². The fraction of sp³-hybridized carbons (Fsp3) is 0.324. The number of aliphatic hydroxyl groups is 1. The molecule has 5 rings (SSSR count). The Morgan fingerprint density at radius 2 is 1.86 bits per heavy atom. The van der Waals surface area contributed by atoms with Gasteiger partial charge in [0.2, 0.25) is 0 Å². The highest BCUT2D eigenvalue weighted by Crippen LogP contribution is 2.35. The zero-order chi connectivity index (χ0) is 31.1. The molecule has 1 saturated heterocycles. The van der Waals surface area contributed by atoms with Crippen molar-refractivity contribution in [2.24, 2.45) is 0 Å². The Morgan fingerprint density at radius 1 is 1.09 bits per heavy atom. The molecular formula is C34H37ClN4O4S. The number of methoxy groups -OCH3 is 1. The highest BCUT2D eigenvalue weighted by atomic mass is 35.5. The number of nitrogens with zero attached hydrogens (tertiary/aromatic N) is 2. The van der Waals surface area contributed by atoms with Crippen molar-refractivity contribution in [3.63, 3.8) is 0 Å². The number of amides is 2. The van der Waals surface area contributed by atoms with Gasteiger partial charge in [0, 0.05) is 46.9 Å². The minimum Gasteiger partial charge on any atom is -0.497 e. The molecule has 1 aliphatic heterocycles. The molecule has 1 unspecified atom stereocenters. The minimum atomic E-state index is -0.892. The molecule has 0 saturated carbocycles. The van der Waals surface area contributed by atoms with Gasteiger partial charge in [-0.25, -0.2) is 4.98 Å². The molecule has 2 heterocycles. The number of halogens is 1. The van der Waals surface area contributed by atoms with Crippen LogP contribution in [0, 0.1) is 6.92 Å². The number of nitrogens with one attached hydrogen (secondary N) is 2. The molecule has 0 spiro atoms. The number of ether oxygens (including phenoxy) is 1. The zero-order valence-electron chi connectivity index (χ0n) is 24.8. The summed E-state index contributed by atoms with van der Waals surface area (Å²) >= 11 is 7.67. The van der Waals surface area contributed by atoms with Crippen molar-refractivity contribution < 1.29 is 19.4 Å². The second-order valence-electron chi connectivity index (χ2n) is 11.0. The van der Waals surface area contributed by atoms with Crippen molar-refractivity contribution >= 4 is 34.8 Å². The number of aryl methyl sites for hydroxylation is 1. The van der Waals surface area contributed by atoms with Gasteiger partial charge in [0.05, 0.1) is 25.3 Å². The highest BCUT2D eigenvalue weighted by molar-refractivity contribution is 7.09. The van der Waals surface area contributed by atoms with Crippen molar-refractivity contribution in [1.82, 2.24) is 20.5 Å². The summed E-state index contributed by atoms with van der Waals surface area (Å²) in [6.07, 6.45) is 1.26. The van der Waals surface area contributed by atoms with E-state index < -0.39 is 18.1 Å². The Morgan fingerprint density at radius 3 is 2.59 bits per heavy atom. The van der Waals surface area contributed by atoms with E-state index in [1.807, 2.05) is 71.8 Å². The van der Waals surface area contributed by atoms with E-state index in [0.717, 1.165) is 34.7 Å². The summed E-state index contributed by atoms with van der Waals surface area (Å²) in [7, 11) is 1.51. The van der Waals surface area contributed by atoms with Gasteiger partial charge in [0.15, 0.2) is 0 Å². The van der Waals surface area contributed by atoms with Crippen LogP contribution in [-0.2, 0) is 13.0 Å². The summed E-state index contributed by atoms with van der Waals surface area (Å²) in [5, 5.41) is 21.1. The number of aliphatic hydroxyl groups excluding tert-OH is 1. The van der Waals surface area contributed by atoms with E-state index in [4.69, 9.17) is 16.3 Å². The van der Waals surface area contributed by atoms with Crippen LogP contribution >= 0.6 is 22.9 Å². The SMILES string of the molecule is COc1cc(C(=O)N[C@@H](Cc2ccccc2)[C@H](O)CNCc2cccc(Cl)c2)cc(C(=O)N2CCCC2c2nc(C)cs2)c1. The molecule has 8 nitrogen and oxygen atoms in total. The van der Waals surface area contributed by atoms with Crippen molar-refractivity contribution in [3.05, 3.63) is 116 Å². The maximum absolute atomic E-state index is 13.8. The van der Waals surface area contributed by atoms with Crippen LogP contribution in [0.25, 0.3) is 0 Å². The first-order valence-corrected chi connectivity index (χ1v) is 16.0. The number of carbonyl (C=O) groups excluding carboxylic acids is 2. The lowest BCUT2D eigenvalue weighted by Crippen LogP contribution is -2.48. The van der Waals surface area contributed by atoms with Gasteiger partial charge in [-0.3, -0.25) is 9.59 Å². The lowest BCUT2D eigenvalue weighted by molar-refractivity contribution is 0.0735. The van der Waals surface area contributed by atoms with Crippen LogP contribution in [-0.4, -0.2) is 59.1 Å². The number of rotatable bonds is 12. The monoisotopic (exact) mass is 632 g/mol. The van der Waals surface area contributed by atoms with Crippen LogP contribution in [0.2, 0.25) is 5.02 Å². The third-order valence-corrected chi connectivity index (χ3v) is 9.04. The first-order valence-electron chi connectivity index (χ1n) is 14.7. The molecule has 3 atom stereocenters. The maximum atomic E-state index is 13.8. The first kappa shape index (κ1) is 31.7. The zero-order valence-corrected chi connectivity index (χ0v) is 26.4. The number of benzene rings is 3. The summed E-state index contributed by atoms with van der Waals surface area (Å²) in [5.41, 5.74) is 3.57. The van der Waals surface area contributed by atoms with E-state index in [-0.39, 0.29) is 24.1 Å². The molecular weight excluding hydrogens is 596 g/mol. The molecule has 10 heteroatoms. The predicted octanol–water partition coefficient (Wildman–Crippen LogP) is 5.58. The molecule has 44 heavy (non-hydrogen) atoms. The topological polar surface area (TPSA) is 104 Å². The van der Waals surface area contributed by atoms with Crippen LogP contribution < -0.4 is 15.4 Å². The van der Waals surface area contributed by atoms with Crippen molar-refractivity contribution in [2.45, 2.75) is 50.9 Å².